The Morgan fingerprint density at radius 3 is 2.55 bits per heavy atom. The van der Waals surface area contributed by atoms with Crippen LogP contribution in [0.25, 0.3) is 0 Å². The summed E-state index contributed by atoms with van der Waals surface area (Å²) in [5, 5.41) is 3.46. The number of hydrogen-bond donors (Lipinski definition) is 2. The van der Waals surface area contributed by atoms with Crippen LogP contribution in [0.3, 0.4) is 0 Å². The number of thiophene rings is 1. The van der Waals surface area contributed by atoms with Gasteiger partial charge in [-0.1, -0.05) is 0 Å². The van der Waals surface area contributed by atoms with Crippen LogP contribution in [-0.2, 0) is 14.2 Å². The van der Waals surface area contributed by atoms with Crippen LogP contribution in [0.2, 0.25) is 0 Å². The van der Waals surface area contributed by atoms with E-state index in [4.69, 9.17) is 15.2 Å². The van der Waals surface area contributed by atoms with E-state index in [1.807, 2.05) is 0 Å². The Bertz CT molecular complexity index is 486. The Labute approximate surface area is 121 Å². The molecule has 0 atom stereocenters. The smallest absolute Gasteiger partial charge is 0.350 e. The van der Waals surface area contributed by atoms with Crippen LogP contribution in [0.15, 0.2) is 0 Å². The van der Waals surface area contributed by atoms with E-state index in [-0.39, 0.29) is 22.7 Å². The minimum atomic E-state index is -0.603. The number of ether oxygens (including phenoxy) is 3. The molecule has 0 unspecified atom stereocenters. The molecular formula is C12H18N2O5S. The topological polar surface area (TPSA) is 99.9 Å². The quantitative estimate of drug-likeness (QED) is 0.579. The molecule has 0 spiro atoms. The Balaban J connectivity index is 3.10. The van der Waals surface area contributed by atoms with Gasteiger partial charge in [-0.15, -0.1) is 11.3 Å². The first kappa shape index (κ1) is 16.3. The van der Waals surface area contributed by atoms with Crippen molar-refractivity contribution in [1.82, 2.24) is 0 Å². The number of nitrogens with one attached hydrogen (secondary N) is 1. The van der Waals surface area contributed by atoms with E-state index >= 15 is 0 Å². The second-order valence-electron chi connectivity index (χ2n) is 3.68. The highest BCUT2D eigenvalue weighted by atomic mass is 32.1. The van der Waals surface area contributed by atoms with Crippen LogP contribution in [0.5, 0.6) is 0 Å². The third kappa shape index (κ3) is 3.61. The van der Waals surface area contributed by atoms with Crippen molar-refractivity contribution >= 4 is 34.0 Å². The van der Waals surface area contributed by atoms with Gasteiger partial charge in [-0.2, -0.15) is 0 Å². The van der Waals surface area contributed by atoms with Crippen LogP contribution >= 0.6 is 11.3 Å². The van der Waals surface area contributed by atoms with Crippen molar-refractivity contribution in [1.29, 1.82) is 0 Å². The van der Waals surface area contributed by atoms with E-state index in [1.54, 1.807) is 14.0 Å². The summed E-state index contributed by atoms with van der Waals surface area (Å²) in [5.74, 6) is -1.16. The molecule has 1 rings (SSSR count). The molecule has 0 amide bonds. The summed E-state index contributed by atoms with van der Waals surface area (Å²) in [6.45, 7) is 2.85. The molecule has 0 aliphatic rings. The molecule has 0 aliphatic heterocycles. The van der Waals surface area contributed by atoms with Gasteiger partial charge in [-0.25, -0.2) is 9.59 Å². The number of nitrogens with two attached hydrogens (primary N) is 1. The predicted molar refractivity (Wildman–Crippen MR) is 76.4 cm³/mol. The first-order valence-electron chi connectivity index (χ1n) is 5.97. The normalized spacial score (nSPS) is 10.2. The monoisotopic (exact) mass is 302 g/mol. The van der Waals surface area contributed by atoms with Crippen molar-refractivity contribution in [3.63, 3.8) is 0 Å². The predicted octanol–water partition coefficient (Wildman–Crippen LogP) is 1.35. The Hall–Kier alpha value is -1.80. The molecule has 1 aromatic rings. The van der Waals surface area contributed by atoms with Gasteiger partial charge in [0.25, 0.3) is 0 Å². The maximum absolute atomic E-state index is 11.8. The maximum Gasteiger partial charge on any atom is 0.350 e. The first-order valence-corrected chi connectivity index (χ1v) is 6.78. The van der Waals surface area contributed by atoms with Gasteiger partial charge in [0.1, 0.15) is 15.4 Å². The fraction of sp³-hybridized carbons (Fsp3) is 0.500. The summed E-state index contributed by atoms with van der Waals surface area (Å²) >= 11 is 1.06. The third-order valence-electron chi connectivity index (χ3n) is 2.39. The summed E-state index contributed by atoms with van der Waals surface area (Å²) < 4.78 is 14.5. The molecule has 0 saturated carbocycles. The van der Waals surface area contributed by atoms with Crippen molar-refractivity contribution in [2.24, 2.45) is 0 Å². The van der Waals surface area contributed by atoms with E-state index in [0.717, 1.165) is 11.3 Å². The lowest BCUT2D eigenvalue weighted by Crippen LogP contribution is -2.12. The highest BCUT2D eigenvalue weighted by Gasteiger charge is 2.26. The standard InChI is InChI=1S/C12H18N2O5S/c1-4-19-12(16)9-8(13)7(11(15)18-3)10(20-9)14-5-6-17-2/h14H,4-6,13H2,1-3H3. The fourth-order valence-corrected chi connectivity index (χ4v) is 2.52. The minimum absolute atomic E-state index is 0.0696. The van der Waals surface area contributed by atoms with Crippen LogP contribution in [-0.4, -0.2) is 45.9 Å². The van der Waals surface area contributed by atoms with Crippen molar-refractivity contribution in [2.45, 2.75) is 6.92 Å². The van der Waals surface area contributed by atoms with Crippen LogP contribution in [0, 0.1) is 0 Å². The molecule has 1 heterocycles. The van der Waals surface area contributed by atoms with Gasteiger partial charge in [-0.05, 0) is 6.92 Å². The largest absolute Gasteiger partial charge is 0.465 e. The molecule has 0 saturated heterocycles. The molecule has 7 nitrogen and oxygen atoms in total. The molecular weight excluding hydrogens is 284 g/mol. The maximum atomic E-state index is 11.8. The van der Waals surface area contributed by atoms with Gasteiger partial charge in [0.15, 0.2) is 0 Å². The van der Waals surface area contributed by atoms with Crippen LogP contribution in [0.4, 0.5) is 10.7 Å². The molecule has 0 bridgehead atoms. The van der Waals surface area contributed by atoms with Gasteiger partial charge in [0, 0.05) is 13.7 Å². The number of esters is 2. The number of carbonyl (C=O) groups is 2. The lowest BCUT2D eigenvalue weighted by atomic mass is 10.2. The van der Waals surface area contributed by atoms with Crippen molar-refractivity contribution < 1.29 is 23.8 Å². The fourth-order valence-electron chi connectivity index (χ4n) is 1.49. The van der Waals surface area contributed by atoms with Gasteiger partial charge in [0.2, 0.25) is 0 Å². The highest BCUT2D eigenvalue weighted by molar-refractivity contribution is 7.19. The van der Waals surface area contributed by atoms with E-state index in [9.17, 15) is 9.59 Å². The number of nitrogen functional groups attached to an aromatic ring is 1. The lowest BCUT2D eigenvalue weighted by molar-refractivity contribution is 0.0533. The zero-order valence-electron chi connectivity index (χ0n) is 11.6. The summed E-state index contributed by atoms with van der Waals surface area (Å²) in [4.78, 5) is 23.7. The zero-order chi connectivity index (χ0) is 15.1. The summed E-state index contributed by atoms with van der Waals surface area (Å²) in [6, 6.07) is 0. The van der Waals surface area contributed by atoms with E-state index in [0.29, 0.717) is 18.2 Å². The average molecular weight is 302 g/mol. The molecule has 8 heteroatoms. The molecule has 0 radical (unpaired) electrons. The molecule has 0 fully saturated rings. The van der Waals surface area contributed by atoms with Crippen molar-refractivity contribution in [3.05, 3.63) is 10.4 Å². The Morgan fingerprint density at radius 1 is 1.30 bits per heavy atom. The zero-order valence-corrected chi connectivity index (χ0v) is 12.5. The van der Waals surface area contributed by atoms with Crippen LogP contribution in [0.1, 0.15) is 27.0 Å². The van der Waals surface area contributed by atoms with Crippen LogP contribution < -0.4 is 11.1 Å². The molecule has 1 aromatic heterocycles. The molecule has 0 aromatic carbocycles. The lowest BCUT2D eigenvalue weighted by Gasteiger charge is -2.05. The SMILES string of the molecule is CCOC(=O)c1sc(NCCOC)c(C(=O)OC)c1N. The van der Waals surface area contributed by atoms with Crippen molar-refractivity contribution in [3.8, 4) is 0 Å². The number of carbonyl (C=O) groups excluding carboxylic acids is 2. The van der Waals surface area contributed by atoms with Gasteiger partial charge >= 0.3 is 11.9 Å². The second kappa shape index (κ2) is 7.71. The van der Waals surface area contributed by atoms with E-state index < -0.39 is 11.9 Å². The molecule has 20 heavy (non-hydrogen) atoms. The molecule has 0 aliphatic carbocycles. The first-order chi connectivity index (χ1) is 9.56. The number of hydrogen-bond acceptors (Lipinski definition) is 8. The van der Waals surface area contributed by atoms with Gasteiger partial charge in [-0.3, -0.25) is 0 Å². The number of methoxy groups -OCH3 is 2. The summed E-state index contributed by atoms with van der Waals surface area (Å²) in [6.07, 6.45) is 0. The molecule has 112 valence electrons. The number of anilines is 2. The van der Waals surface area contributed by atoms with Crippen molar-refractivity contribution in [2.75, 3.05) is 45.0 Å². The van der Waals surface area contributed by atoms with E-state index in [1.165, 1.54) is 7.11 Å². The highest BCUT2D eigenvalue weighted by Crippen LogP contribution is 2.36. The summed E-state index contributed by atoms with van der Waals surface area (Å²) in [7, 11) is 2.82. The Kier molecular flexibility index (Phi) is 6.26. The molecule has 3 N–H and O–H groups in total. The second-order valence-corrected chi connectivity index (χ2v) is 4.70. The summed E-state index contributed by atoms with van der Waals surface area (Å²) in [5.41, 5.74) is 6.07. The Morgan fingerprint density at radius 2 is 2.00 bits per heavy atom. The van der Waals surface area contributed by atoms with Gasteiger partial charge < -0.3 is 25.3 Å². The number of rotatable bonds is 7. The average Bonchev–Trinajstić information content (AvgIpc) is 2.75. The minimum Gasteiger partial charge on any atom is -0.465 e. The third-order valence-corrected chi connectivity index (χ3v) is 3.53. The van der Waals surface area contributed by atoms with Gasteiger partial charge in [0.05, 0.1) is 26.0 Å². The van der Waals surface area contributed by atoms with E-state index in [2.05, 4.69) is 10.1 Å².